The Bertz CT molecular complexity index is 250. The zero-order valence-electron chi connectivity index (χ0n) is 6.83. The number of aromatic nitrogens is 2. The van der Waals surface area contributed by atoms with E-state index in [1.165, 1.54) is 0 Å². The molecule has 1 aromatic heterocycles. The first-order valence-electron chi connectivity index (χ1n) is 3.82. The molecular formula is C9H11N3. The molecular weight excluding hydrogens is 150 g/mol. The van der Waals surface area contributed by atoms with Crippen molar-refractivity contribution in [3.05, 3.63) is 24.3 Å². The van der Waals surface area contributed by atoms with Crippen LogP contribution in [0.4, 0.5) is 0 Å². The quantitative estimate of drug-likeness (QED) is 0.508. The van der Waals surface area contributed by atoms with Gasteiger partial charge in [0.25, 0.3) is 0 Å². The third kappa shape index (κ3) is 3.13. The summed E-state index contributed by atoms with van der Waals surface area (Å²) in [6, 6.07) is 0. The highest BCUT2D eigenvalue weighted by Crippen LogP contribution is 1.89. The van der Waals surface area contributed by atoms with Crippen molar-refractivity contribution in [3.63, 3.8) is 0 Å². The lowest BCUT2D eigenvalue weighted by atomic mass is 10.3. The van der Waals surface area contributed by atoms with Crippen LogP contribution in [-0.4, -0.2) is 23.1 Å². The maximum atomic E-state index is 5.07. The van der Waals surface area contributed by atoms with Crippen molar-refractivity contribution in [2.75, 3.05) is 13.1 Å². The van der Waals surface area contributed by atoms with Gasteiger partial charge < -0.3 is 5.32 Å². The first kappa shape index (κ1) is 8.69. The van der Waals surface area contributed by atoms with Crippen LogP contribution in [0, 0.1) is 12.3 Å². The van der Waals surface area contributed by atoms with Gasteiger partial charge in [-0.15, -0.1) is 6.42 Å². The van der Waals surface area contributed by atoms with E-state index >= 15 is 0 Å². The molecule has 0 saturated heterocycles. The van der Waals surface area contributed by atoms with Gasteiger partial charge in [0, 0.05) is 31.6 Å². The molecule has 3 nitrogen and oxygen atoms in total. The molecule has 0 aliphatic rings. The molecule has 12 heavy (non-hydrogen) atoms. The van der Waals surface area contributed by atoms with Crippen LogP contribution in [0.3, 0.4) is 0 Å². The Labute approximate surface area is 72.2 Å². The lowest BCUT2D eigenvalue weighted by Crippen LogP contribution is -2.17. The topological polar surface area (TPSA) is 37.8 Å². The van der Waals surface area contributed by atoms with Crippen molar-refractivity contribution in [1.82, 2.24) is 15.3 Å². The molecule has 0 aliphatic heterocycles. The third-order valence-corrected chi connectivity index (χ3v) is 1.40. The van der Waals surface area contributed by atoms with E-state index in [1.54, 1.807) is 18.6 Å². The summed E-state index contributed by atoms with van der Waals surface area (Å²) in [6.45, 7) is 1.46. The Balaban J connectivity index is 2.21. The van der Waals surface area contributed by atoms with E-state index in [0.717, 1.165) is 18.7 Å². The van der Waals surface area contributed by atoms with E-state index in [1.807, 2.05) is 0 Å². The van der Waals surface area contributed by atoms with E-state index in [0.29, 0.717) is 6.54 Å². The average Bonchev–Trinajstić information content (AvgIpc) is 2.14. The molecule has 1 rings (SSSR count). The van der Waals surface area contributed by atoms with Crippen LogP contribution in [0.5, 0.6) is 0 Å². The summed E-state index contributed by atoms with van der Waals surface area (Å²) in [5.74, 6) is 2.51. The van der Waals surface area contributed by atoms with Crippen molar-refractivity contribution < 1.29 is 0 Å². The summed E-state index contributed by atoms with van der Waals surface area (Å²) in [7, 11) is 0. The molecule has 0 aliphatic carbocycles. The van der Waals surface area contributed by atoms with Crippen molar-refractivity contribution in [3.8, 4) is 12.3 Å². The Morgan fingerprint density at radius 1 is 1.50 bits per heavy atom. The zero-order valence-corrected chi connectivity index (χ0v) is 6.83. The van der Waals surface area contributed by atoms with Crippen molar-refractivity contribution >= 4 is 0 Å². The average molecular weight is 161 g/mol. The molecule has 1 aromatic rings. The van der Waals surface area contributed by atoms with Gasteiger partial charge in [-0.1, -0.05) is 5.92 Å². The minimum absolute atomic E-state index is 0.611. The summed E-state index contributed by atoms with van der Waals surface area (Å²) in [4.78, 5) is 8.08. The Morgan fingerprint density at radius 3 is 3.08 bits per heavy atom. The van der Waals surface area contributed by atoms with Crippen LogP contribution in [0.1, 0.15) is 5.69 Å². The first-order chi connectivity index (χ1) is 5.93. The monoisotopic (exact) mass is 161 g/mol. The highest BCUT2D eigenvalue weighted by atomic mass is 14.8. The molecule has 1 N–H and O–H groups in total. The molecule has 62 valence electrons. The fraction of sp³-hybridized carbons (Fsp3) is 0.333. The minimum atomic E-state index is 0.611. The van der Waals surface area contributed by atoms with Crippen molar-refractivity contribution in [2.45, 2.75) is 6.42 Å². The number of hydrogen-bond donors (Lipinski definition) is 1. The van der Waals surface area contributed by atoms with Crippen molar-refractivity contribution in [1.29, 1.82) is 0 Å². The summed E-state index contributed by atoms with van der Waals surface area (Å²) in [5.41, 5.74) is 0.988. The van der Waals surface area contributed by atoms with E-state index in [-0.39, 0.29) is 0 Å². The highest BCUT2D eigenvalue weighted by molar-refractivity contribution is 4.95. The SMILES string of the molecule is C#CCNCCc1cnccn1. The summed E-state index contributed by atoms with van der Waals surface area (Å²) in [6.07, 6.45) is 11.1. The zero-order chi connectivity index (χ0) is 8.65. The van der Waals surface area contributed by atoms with Crippen LogP contribution in [0.25, 0.3) is 0 Å². The molecule has 0 aromatic carbocycles. The molecule has 1 heterocycles. The van der Waals surface area contributed by atoms with Gasteiger partial charge in [0.15, 0.2) is 0 Å². The largest absolute Gasteiger partial charge is 0.306 e. The van der Waals surface area contributed by atoms with Gasteiger partial charge in [-0.05, 0) is 0 Å². The number of hydrogen-bond acceptors (Lipinski definition) is 3. The van der Waals surface area contributed by atoms with E-state index in [2.05, 4.69) is 21.2 Å². The fourth-order valence-electron chi connectivity index (χ4n) is 0.836. The molecule has 0 fully saturated rings. The second kappa shape index (κ2) is 5.28. The van der Waals surface area contributed by atoms with E-state index < -0.39 is 0 Å². The van der Waals surface area contributed by atoms with Gasteiger partial charge in [-0.2, -0.15) is 0 Å². The lowest BCUT2D eigenvalue weighted by molar-refractivity contribution is 0.739. The molecule has 0 bridgehead atoms. The fourth-order valence-corrected chi connectivity index (χ4v) is 0.836. The maximum Gasteiger partial charge on any atom is 0.0599 e. The number of rotatable bonds is 4. The van der Waals surface area contributed by atoms with Gasteiger partial charge in [-0.3, -0.25) is 9.97 Å². The second-order valence-electron chi connectivity index (χ2n) is 2.33. The minimum Gasteiger partial charge on any atom is -0.306 e. The van der Waals surface area contributed by atoms with Crippen LogP contribution < -0.4 is 5.32 Å². The van der Waals surface area contributed by atoms with Crippen LogP contribution >= 0.6 is 0 Å². The first-order valence-corrected chi connectivity index (χ1v) is 3.82. The second-order valence-corrected chi connectivity index (χ2v) is 2.33. The van der Waals surface area contributed by atoms with Crippen LogP contribution in [0.15, 0.2) is 18.6 Å². The maximum absolute atomic E-state index is 5.07. The molecule has 0 unspecified atom stereocenters. The van der Waals surface area contributed by atoms with Gasteiger partial charge in [0.1, 0.15) is 0 Å². The third-order valence-electron chi connectivity index (χ3n) is 1.40. The molecule has 0 amide bonds. The van der Waals surface area contributed by atoms with Crippen LogP contribution in [-0.2, 0) is 6.42 Å². The predicted octanol–water partition coefficient (Wildman–Crippen LogP) is 0.242. The standard InChI is InChI=1S/C9H11N3/c1-2-4-10-5-3-9-8-11-6-7-12-9/h1,6-8,10H,3-5H2. The van der Waals surface area contributed by atoms with E-state index in [9.17, 15) is 0 Å². The molecule has 3 heteroatoms. The normalized spacial score (nSPS) is 9.25. The van der Waals surface area contributed by atoms with Gasteiger partial charge in [0.2, 0.25) is 0 Å². The summed E-state index contributed by atoms with van der Waals surface area (Å²) >= 11 is 0. The van der Waals surface area contributed by atoms with Gasteiger partial charge in [0.05, 0.1) is 12.2 Å². The van der Waals surface area contributed by atoms with Gasteiger partial charge >= 0.3 is 0 Å². The molecule has 0 radical (unpaired) electrons. The summed E-state index contributed by atoms with van der Waals surface area (Å²) in [5, 5.41) is 3.08. The highest BCUT2D eigenvalue weighted by Gasteiger charge is 1.91. The summed E-state index contributed by atoms with van der Waals surface area (Å²) < 4.78 is 0. The van der Waals surface area contributed by atoms with Gasteiger partial charge in [-0.25, -0.2) is 0 Å². The Kier molecular flexibility index (Phi) is 3.82. The van der Waals surface area contributed by atoms with E-state index in [4.69, 9.17) is 6.42 Å². The lowest BCUT2D eigenvalue weighted by Gasteiger charge is -1.98. The Hall–Kier alpha value is -1.40. The van der Waals surface area contributed by atoms with Crippen molar-refractivity contribution in [2.24, 2.45) is 0 Å². The van der Waals surface area contributed by atoms with Crippen LogP contribution in [0.2, 0.25) is 0 Å². The number of nitrogens with zero attached hydrogens (tertiary/aromatic N) is 2. The predicted molar refractivity (Wildman–Crippen MR) is 47.4 cm³/mol. The number of nitrogens with one attached hydrogen (secondary N) is 1. The molecule has 0 atom stereocenters. The number of terminal acetylenes is 1. The molecule has 0 saturated carbocycles. The Morgan fingerprint density at radius 2 is 2.42 bits per heavy atom. The smallest absolute Gasteiger partial charge is 0.0599 e. The molecule has 0 spiro atoms.